The second-order valence-corrected chi connectivity index (χ2v) is 4.89. The minimum absolute atomic E-state index is 0.0132. The molecule has 3 atom stereocenters. The van der Waals surface area contributed by atoms with E-state index in [0.717, 1.165) is 11.8 Å². The Morgan fingerprint density at radius 1 is 1.71 bits per heavy atom. The van der Waals surface area contributed by atoms with E-state index in [2.05, 4.69) is 0 Å². The number of nitrogens with zero attached hydrogens (tertiary/aromatic N) is 1. The van der Waals surface area contributed by atoms with Crippen LogP contribution in [0.2, 0.25) is 0 Å². The van der Waals surface area contributed by atoms with Crippen LogP contribution in [0.5, 0.6) is 0 Å². The Balaban J connectivity index is 2.17. The Labute approximate surface area is 84.1 Å². The van der Waals surface area contributed by atoms with Gasteiger partial charge in [-0.1, -0.05) is 11.8 Å². The Morgan fingerprint density at radius 3 is 2.86 bits per heavy atom. The smallest absolute Gasteiger partial charge is 0.337 e. The molecular formula is C7H10N2O4S. The van der Waals surface area contributed by atoms with Crippen LogP contribution in [0.1, 0.15) is 6.42 Å². The first-order valence-electron chi connectivity index (χ1n) is 4.13. The predicted octanol–water partition coefficient (Wildman–Crippen LogP) is -1.61. The lowest BCUT2D eigenvalue weighted by atomic mass is 10.1. The lowest BCUT2D eigenvalue weighted by Crippen LogP contribution is -2.69. The number of thioether (sulfide) groups is 1. The number of rotatable bonds is 1. The van der Waals surface area contributed by atoms with Crippen LogP contribution in [0.4, 0.5) is 0 Å². The van der Waals surface area contributed by atoms with Gasteiger partial charge in [-0.05, 0) is 0 Å². The zero-order valence-corrected chi connectivity index (χ0v) is 8.03. The summed E-state index contributed by atoms with van der Waals surface area (Å²) in [5.74, 6) is -1.30. The van der Waals surface area contributed by atoms with Gasteiger partial charge >= 0.3 is 5.97 Å². The lowest BCUT2D eigenvalue weighted by Gasteiger charge is -2.50. The van der Waals surface area contributed by atoms with Crippen molar-refractivity contribution in [2.45, 2.75) is 22.8 Å². The molecule has 0 aromatic heterocycles. The van der Waals surface area contributed by atoms with Crippen LogP contribution in [0.15, 0.2) is 0 Å². The summed E-state index contributed by atoms with van der Waals surface area (Å²) in [4.78, 5) is 21.6. The predicted molar refractivity (Wildman–Crippen MR) is 48.3 cm³/mol. The minimum atomic E-state index is -1.68. The molecule has 0 aromatic rings. The summed E-state index contributed by atoms with van der Waals surface area (Å²) in [5, 5.41) is 18.2. The second kappa shape index (κ2) is 2.85. The first-order valence-corrected chi connectivity index (χ1v) is 5.00. The van der Waals surface area contributed by atoms with Crippen molar-refractivity contribution in [1.29, 1.82) is 0 Å². The van der Waals surface area contributed by atoms with Crippen molar-refractivity contribution in [2.24, 2.45) is 5.73 Å². The molecule has 2 unspecified atom stereocenters. The third-order valence-corrected chi connectivity index (χ3v) is 4.08. The molecular weight excluding hydrogens is 208 g/mol. The fourth-order valence-electron chi connectivity index (χ4n) is 1.57. The summed E-state index contributed by atoms with van der Waals surface area (Å²) < 4.78 is 0. The van der Waals surface area contributed by atoms with Gasteiger partial charge in [-0.25, -0.2) is 4.79 Å². The van der Waals surface area contributed by atoms with Crippen molar-refractivity contribution in [2.75, 3.05) is 6.54 Å². The third-order valence-electron chi connectivity index (χ3n) is 2.55. The number of carbonyl (C=O) groups is 2. The number of aliphatic carboxylic acids is 1. The number of nitrogens with two attached hydrogens (primary N) is 1. The summed E-state index contributed by atoms with van der Waals surface area (Å²) in [6.07, 6.45) is -0.908. The van der Waals surface area contributed by atoms with Gasteiger partial charge in [0.15, 0.2) is 4.87 Å². The number of aliphatic hydroxyl groups excluding tert-OH is 1. The molecule has 0 aliphatic carbocycles. The highest BCUT2D eigenvalue weighted by molar-refractivity contribution is 8.02. The van der Waals surface area contributed by atoms with Gasteiger partial charge in [-0.3, -0.25) is 4.79 Å². The van der Waals surface area contributed by atoms with Gasteiger partial charge in [0.25, 0.3) is 0 Å². The van der Waals surface area contributed by atoms with E-state index in [1.165, 1.54) is 4.90 Å². The van der Waals surface area contributed by atoms with E-state index in [1.54, 1.807) is 0 Å². The van der Waals surface area contributed by atoms with Gasteiger partial charge in [0.2, 0.25) is 5.91 Å². The van der Waals surface area contributed by atoms with Crippen LogP contribution in [0, 0.1) is 0 Å². The van der Waals surface area contributed by atoms with Gasteiger partial charge in [-0.15, -0.1) is 0 Å². The monoisotopic (exact) mass is 218 g/mol. The van der Waals surface area contributed by atoms with Crippen LogP contribution >= 0.6 is 11.8 Å². The zero-order valence-electron chi connectivity index (χ0n) is 7.21. The highest BCUT2D eigenvalue weighted by Gasteiger charge is 2.55. The molecule has 0 radical (unpaired) electrons. The molecule has 0 spiro atoms. The Morgan fingerprint density at radius 2 is 2.36 bits per heavy atom. The number of fused-ring (bicyclic) bond motifs is 1. The van der Waals surface area contributed by atoms with E-state index in [1.807, 2.05) is 0 Å². The van der Waals surface area contributed by atoms with Crippen molar-refractivity contribution in [3.05, 3.63) is 0 Å². The van der Waals surface area contributed by atoms with E-state index >= 15 is 0 Å². The molecule has 4 N–H and O–H groups in total. The maximum atomic E-state index is 11.0. The average Bonchev–Trinajstić information content (AvgIpc) is 2.11. The number of β-lactam (4-membered cyclic amide) rings is 1. The van der Waals surface area contributed by atoms with Crippen LogP contribution < -0.4 is 5.73 Å². The Kier molecular flexibility index (Phi) is 1.98. The minimum Gasteiger partial charge on any atom is -0.479 e. The molecule has 7 heteroatoms. The number of aliphatic hydroxyl groups is 1. The topological polar surface area (TPSA) is 104 Å². The van der Waals surface area contributed by atoms with Crippen LogP contribution in [0.3, 0.4) is 0 Å². The van der Waals surface area contributed by atoms with E-state index < -0.39 is 16.9 Å². The molecule has 2 rings (SSSR count). The normalized spacial score (nSPS) is 41.6. The summed E-state index contributed by atoms with van der Waals surface area (Å²) in [6.45, 7) is 0.0132. The molecule has 0 bridgehead atoms. The fourth-order valence-corrected chi connectivity index (χ4v) is 2.91. The molecule has 2 heterocycles. The summed E-state index contributed by atoms with van der Waals surface area (Å²) >= 11 is 0.937. The lowest BCUT2D eigenvalue weighted by molar-refractivity contribution is -0.151. The van der Waals surface area contributed by atoms with E-state index in [0.29, 0.717) is 6.42 Å². The van der Waals surface area contributed by atoms with Crippen molar-refractivity contribution in [3.8, 4) is 0 Å². The van der Waals surface area contributed by atoms with E-state index in [4.69, 9.17) is 10.8 Å². The molecule has 1 amide bonds. The first kappa shape index (κ1) is 9.75. The summed E-state index contributed by atoms with van der Waals surface area (Å²) in [7, 11) is 0. The Hall–Kier alpha value is -0.790. The molecule has 2 saturated heterocycles. The second-order valence-electron chi connectivity index (χ2n) is 3.44. The Bertz CT molecular complexity index is 310. The third kappa shape index (κ3) is 1.13. The molecule has 78 valence electrons. The molecule has 2 aliphatic rings. The van der Waals surface area contributed by atoms with Gasteiger partial charge in [-0.2, -0.15) is 0 Å². The van der Waals surface area contributed by atoms with Crippen molar-refractivity contribution >= 4 is 23.6 Å². The van der Waals surface area contributed by atoms with E-state index in [-0.39, 0.29) is 17.8 Å². The van der Waals surface area contributed by atoms with E-state index in [9.17, 15) is 14.7 Å². The van der Waals surface area contributed by atoms with Crippen LogP contribution in [0.25, 0.3) is 0 Å². The molecule has 2 aliphatic heterocycles. The van der Waals surface area contributed by atoms with Crippen LogP contribution in [-0.2, 0) is 9.59 Å². The van der Waals surface area contributed by atoms with Crippen LogP contribution in [-0.4, -0.2) is 49.9 Å². The standard InChI is InChI=1S/C7H10N2O4S/c8-7(6(12)13)3(10)2-9-4(11)1-5(9)14-7/h3,5,10H,1-2,8H2,(H,12,13)/t3?,5-,7?/m1/s1. The highest BCUT2D eigenvalue weighted by Crippen LogP contribution is 2.42. The van der Waals surface area contributed by atoms with Crippen molar-refractivity contribution in [3.63, 3.8) is 0 Å². The number of carboxylic acids is 1. The molecule has 14 heavy (non-hydrogen) atoms. The van der Waals surface area contributed by atoms with Crippen molar-refractivity contribution in [1.82, 2.24) is 4.90 Å². The van der Waals surface area contributed by atoms with Gasteiger partial charge in [0.1, 0.15) is 6.10 Å². The highest BCUT2D eigenvalue weighted by atomic mass is 32.2. The quantitative estimate of drug-likeness (QED) is 0.457. The SMILES string of the molecule is NC1(C(=O)O)S[C@@H]2CC(=O)N2CC1O. The molecule has 6 nitrogen and oxygen atoms in total. The number of carbonyl (C=O) groups excluding carboxylic acids is 1. The number of hydrogen-bond acceptors (Lipinski definition) is 5. The number of hydrogen-bond donors (Lipinski definition) is 3. The number of carboxylic acid groups (broad SMARTS) is 1. The maximum absolute atomic E-state index is 11.0. The average molecular weight is 218 g/mol. The number of amides is 1. The largest absolute Gasteiger partial charge is 0.479 e. The van der Waals surface area contributed by atoms with Gasteiger partial charge < -0.3 is 20.8 Å². The first-order chi connectivity index (χ1) is 6.45. The zero-order chi connectivity index (χ0) is 10.5. The molecule has 0 saturated carbocycles. The van der Waals surface area contributed by atoms with Crippen molar-refractivity contribution < 1.29 is 19.8 Å². The van der Waals surface area contributed by atoms with Gasteiger partial charge in [0.05, 0.1) is 18.3 Å². The van der Waals surface area contributed by atoms with Gasteiger partial charge in [0, 0.05) is 0 Å². The fraction of sp³-hybridized carbons (Fsp3) is 0.714. The maximum Gasteiger partial charge on any atom is 0.337 e. The molecule has 2 fully saturated rings. The molecule has 0 aromatic carbocycles. The summed E-state index contributed by atoms with van der Waals surface area (Å²) in [6, 6.07) is 0. The summed E-state index contributed by atoms with van der Waals surface area (Å²) in [5.41, 5.74) is 5.55.